The molecule has 0 bridgehead atoms. The first kappa shape index (κ1) is 13.1. The summed E-state index contributed by atoms with van der Waals surface area (Å²) in [6, 6.07) is 8.07. The number of rotatable bonds is 3. The fourth-order valence-corrected chi connectivity index (χ4v) is 2.14. The molecule has 0 radical (unpaired) electrons. The van der Waals surface area contributed by atoms with E-state index >= 15 is 0 Å². The molecule has 1 saturated heterocycles. The van der Waals surface area contributed by atoms with Crippen LogP contribution in [0.3, 0.4) is 0 Å². The third-order valence-electron chi connectivity index (χ3n) is 3.17. The molecular formula is C13H16BFO3. The molecule has 3 nitrogen and oxygen atoms in total. The third kappa shape index (κ3) is 2.56. The second kappa shape index (κ2) is 5.52. The van der Waals surface area contributed by atoms with Crippen LogP contribution in [-0.2, 0) is 9.47 Å². The quantitative estimate of drug-likeness (QED) is 0.599. The summed E-state index contributed by atoms with van der Waals surface area (Å²) in [5, 5.41) is 0. The van der Waals surface area contributed by atoms with Crippen LogP contribution in [0.1, 0.15) is 23.7 Å². The summed E-state index contributed by atoms with van der Waals surface area (Å²) in [7, 11) is 1.66. The maximum atomic E-state index is 13.9. The molecule has 5 heteroatoms. The molecule has 1 aromatic carbocycles. The van der Waals surface area contributed by atoms with Crippen LogP contribution in [0.2, 0.25) is 0 Å². The molecule has 1 aliphatic rings. The highest BCUT2D eigenvalue weighted by molar-refractivity contribution is 6.11. The van der Waals surface area contributed by atoms with Gasteiger partial charge in [0.25, 0.3) is 0 Å². The fraction of sp³-hybridized carbons (Fsp3) is 0.462. The first-order valence-corrected chi connectivity index (χ1v) is 6.19. The van der Waals surface area contributed by atoms with Crippen LogP contribution in [0.5, 0.6) is 0 Å². The minimum Gasteiger partial charge on any atom is -0.453 e. The van der Waals surface area contributed by atoms with Crippen LogP contribution >= 0.6 is 0 Å². The van der Waals surface area contributed by atoms with Gasteiger partial charge >= 0.3 is 5.97 Å². The molecule has 1 fully saturated rings. The Morgan fingerprint density at radius 3 is 2.72 bits per heavy atom. The van der Waals surface area contributed by atoms with Crippen molar-refractivity contribution in [1.82, 2.24) is 0 Å². The van der Waals surface area contributed by atoms with Crippen molar-refractivity contribution in [2.45, 2.75) is 37.7 Å². The van der Waals surface area contributed by atoms with E-state index in [0.717, 1.165) is 0 Å². The van der Waals surface area contributed by atoms with E-state index in [1.807, 2.05) is 13.0 Å². The highest BCUT2D eigenvalue weighted by Gasteiger charge is 2.44. The Morgan fingerprint density at radius 2 is 2.11 bits per heavy atom. The number of carbonyl (C=O) groups excluding carboxylic acids is 1. The van der Waals surface area contributed by atoms with Gasteiger partial charge in [0.2, 0.25) is 0 Å². The summed E-state index contributed by atoms with van der Waals surface area (Å²) in [6.07, 6.45) is -1.81. The summed E-state index contributed by atoms with van der Waals surface area (Å²) in [6.45, 7) is 1.89. The van der Waals surface area contributed by atoms with Crippen molar-refractivity contribution in [3.8, 4) is 0 Å². The Labute approximate surface area is 107 Å². The van der Waals surface area contributed by atoms with Gasteiger partial charge in [-0.05, 0) is 18.6 Å². The van der Waals surface area contributed by atoms with Crippen molar-refractivity contribution in [3.05, 3.63) is 35.9 Å². The van der Waals surface area contributed by atoms with Crippen LogP contribution < -0.4 is 0 Å². The van der Waals surface area contributed by atoms with Crippen LogP contribution in [0, 0.1) is 0 Å². The van der Waals surface area contributed by atoms with E-state index in [2.05, 4.69) is 0 Å². The van der Waals surface area contributed by atoms with E-state index in [9.17, 15) is 9.18 Å². The van der Waals surface area contributed by atoms with Crippen LogP contribution in [0.25, 0.3) is 0 Å². The van der Waals surface area contributed by atoms with E-state index in [0.29, 0.717) is 12.0 Å². The number of hydrogen-bond acceptors (Lipinski definition) is 3. The third-order valence-corrected chi connectivity index (χ3v) is 3.17. The van der Waals surface area contributed by atoms with Gasteiger partial charge in [0, 0.05) is 0 Å². The van der Waals surface area contributed by atoms with Gasteiger partial charge in [-0.3, -0.25) is 0 Å². The lowest BCUT2D eigenvalue weighted by Gasteiger charge is -2.18. The number of alkyl halides is 1. The molecule has 0 amide bonds. The Balaban J connectivity index is 2.06. The summed E-state index contributed by atoms with van der Waals surface area (Å²) < 4.78 is 24.6. The van der Waals surface area contributed by atoms with Gasteiger partial charge in [0.05, 0.1) is 17.7 Å². The lowest BCUT2D eigenvalue weighted by atomic mass is 9.94. The SMILES string of the molecule is B[C@@H]1O[C@H](CC)[C@@H](OC(=O)c2ccccc2)C1F. The van der Waals surface area contributed by atoms with Gasteiger partial charge in [0.15, 0.2) is 12.3 Å². The minimum atomic E-state index is -1.26. The first-order chi connectivity index (χ1) is 8.63. The second-order valence-electron chi connectivity index (χ2n) is 4.47. The largest absolute Gasteiger partial charge is 0.453 e. The van der Waals surface area contributed by atoms with Crippen molar-refractivity contribution in [2.24, 2.45) is 0 Å². The first-order valence-electron chi connectivity index (χ1n) is 6.19. The minimum absolute atomic E-state index is 0.359. The van der Waals surface area contributed by atoms with Gasteiger partial charge in [-0.25, -0.2) is 9.18 Å². The summed E-state index contributed by atoms with van der Waals surface area (Å²) in [4.78, 5) is 11.9. The Hall–Kier alpha value is -1.36. The molecule has 0 aliphatic carbocycles. The number of ether oxygens (including phenoxy) is 2. The lowest BCUT2D eigenvalue weighted by molar-refractivity contribution is -0.00949. The number of hydrogen-bond donors (Lipinski definition) is 0. The molecule has 96 valence electrons. The molecule has 0 aromatic heterocycles. The van der Waals surface area contributed by atoms with E-state index in [1.54, 1.807) is 32.1 Å². The summed E-state index contributed by atoms with van der Waals surface area (Å²) >= 11 is 0. The topological polar surface area (TPSA) is 35.5 Å². The highest BCUT2D eigenvalue weighted by atomic mass is 19.1. The van der Waals surface area contributed by atoms with Crippen LogP contribution in [-0.4, -0.2) is 38.2 Å². The van der Waals surface area contributed by atoms with E-state index in [-0.39, 0.29) is 6.10 Å². The van der Waals surface area contributed by atoms with Gasteiger partial charge < -0.3 is 9.47 Å². The normalized spacial score (nSPS) is 31.2. The maximum absolute atomic E-state index is 13.9. The van der Waals surface area contributed by atoms with Crippen molar-refractivity contribution in [3.63, 3.8) is 0 Å². The highest BCUT2D eigenvalue weighted by Crippen LogP contribution is 2.27. The molecular weight excluding hydrogens is 234 g/mol. The Morgan fingerprint density at radius 1 is 1.44 bits per heavy atom. The molecule has 2 rings (SSSR count). The molecule has 4 atom stereocenters. The summed E-state index contributed by atoms with van der Waals surface area (Å²) in [5.41, 5.74) is 0.430. The number of benzene rings is 1. The molecule has 1 heterocycles. The molecule has 1 unspecified atom stereocenters. The Bertz CT molecular complexity index is 412. The smallest absolute Gasteiger partial charge is 0.338 e. The number of esters is 1. The van der Waals surface area contributed by atoms with Gasteiger partial charge in [-0.15, -0.1) is 0 Å². The van der Waals surface area contributed by atoms with Gasteiger partial charge in [-0.1, -0.05) is 25.1 Å². The van der Waals surface area contributed by atoms with Crippen molar-refractivity contribution < 1.29 is 18.7 Å². The van der Waals surface area contributed by atoms with Crippen molar-refractivity contribution >= 4 is 13.8 Å². The van der Waals surface area contributed by atoms with E-state index in [1.165, 1.54) is 0 Å². The predicted octanol–water partition coefficient (Wildman–Crippen LogP) is 1.32. The van der Waals surface area contributed by atoms with Crippen LogP contribution in [0.4, 0.5) is 4.39 Å². The van der Waals surface area contributed by atoms with E-state index < -0.39 is 24.2 Å². The zero-order valence-corrected chi connectivity index (χ0v) is 10.5. The number of carbonyl (C=O) groups is 1. The maximum Gasteiger partial charge on any atom is 0.338 e. The lowest BCUT2D eigenvalue weighted by Crippen LogP contribution is -2.34. The average molecular weight is 250 g/mol. The van der Waals surface area contributed by atoms with E-state index in [4.69, 9.17) is 9.47 Å². The monoisotopic (exact) mass is 250 g/mol. The average Bonchev–Trinajstić information content (AvgIpc) is 2.67. The molecule has 0 N–H and O–H groups in total. The molecule has 0 saturated carbocycles. The molecule has 1 aliphatic heterocycles. The molecule has 1 aromatic rings. The molecule has 18 heavy (non-hydrogen) atoms. The van der Waals surface area contributed by atoms with Crippen molar-refractivity contribution in [1.29, 1.82) is 0 Å². The zero-order chi connectivity index (χ0) is 13.1. The van der Waals surface area contributed by atoms with Gasteiger partial charge in [-0.2, -0.15) is 0 Å². The summed E-state index contributed by atoms with van der Waals surface area (Å²) in [5.74, 6) is -0.501. The number of halogens is 1. The standard InChI is InChI=1S/C13H16BFO3/c1-2-9-11(10(15)12(14)17-9)18-13(16)8-6-4-3-5-7-8/h3-7,9-12H,2,14H2,1H3/t9-,10?,11-,12-/m1/s1. The second-order valence-corrected chi connectivity index (χ2v) is 4.47. The zero-order valence-electron chi connectivity index (χ0n) is 10.5. The van der Waals surface area contributed by atoms with Crippen molar-refractivity contribution in [2.75, 3.05) is 0 Å². The predicted molar refractivity (Wildman–Crippen MR) is 68.0 cm³/mol. The van der Waals surface area contributed by atoms with Crippen LogP contribution in [0.15, 0.2) is 30.3 Å². The van der Waals surface area contributed by atoms with Gasteiger partial charge in [0.1, 0.15) is 7.85 Å². The molecule has 0 spiro atoms. The Kier molecular flexibility index (Phi) is 4.02. The fourth-order valence-electron chi connectivity index (χ4n) is 2.14.